The highest BCUT2D eigenvalue weighted by atomic mass is 35.5. The minimum absolute atomic E-state index is 0. The van der Waals surface area contributed by atoms with Gasteiger partial charge in [0, 0.05) is 13.1 Å². The summed E-state index contributed by atoms with van der Waals surface area (Å²) >= 11 is 1.78. The number of thiophene rings is 1. The molecule has 0 atom stereocenters. The summed E-state index contributed by atoms with van der Waals surface area (Å²) in [6.07, 6.45) is 4.20. The Bertz CT molecular complexity index is 254. The molecule has 1 fully saturated rings. The van der Waals surface area contributed by atoms with Gasteiger partial charge in [0.15, 0.2) is 0 Å². The Kier molecular flexibility index (Phi) is 4.42. The van der Waals surface area contributed by atoms with E-state index in [1.807, 2.05) is 0 Å². The zero-order valence-corrected chi connectivity index (χ0v) is 10.2. The molecule has 2 rings (SSSR count). The third kappa shape index (κ3) is 2.97. The van der Waals surface area contributed by atoms with E-state index in [0.29, 0.717) is 5.41 Å². The summed E-state index contributed by atoms with van der Waals surface area (Å²) < 4.78 is 0. The molecule has 3 heteroatoms. The number of hydrogen-bond acceptors (Lipinski definition) is 2. The van der Waals surface area contributed by atoms with E-state index in [1.54, 1.807) is 11.3 Å². The van der Waals surface area contributed by atoms with Crippen molar-refractivity contribution in [1.29, 1.82) is 0 Å². The Labute approximate surface area is 96.3 Å². The van der Waals surface area contributed by atoms with Gasteiger partial charge in [0.2, 0.25) is 0 Å². The van der Waals surface area contributed by atoms with Gasteiger partial charge in [0.05, 0.1) is 0 Å². The summed E-state index contributed by atoms with van der Waals surface area (Å²) in [6.45, 7) is 4.56. The van der Waals surface area contributed by atoms with Gasteiger partial charge in [-0.25, -0.2) is 0 Å². The highest BCUT2D eigenvalue weighted by molar-refractivity contribution is 7.07. The van der Waals surface area contributed by atoms with Crippen molar-refractivity contribution in [3.8, 4) is 0 Å². The second-order valence-corrected chi connectivity index (χ2v) is 4.87. The van der Waals surface area contributed by atoms with Crippen molar-refractivity contribution in [3.63, 3.8) is 0 Å². The Morgan fingerprint density at radius 2 is 2.29 bits per heavy atom. The predicted octanol–water partition coefficient (Wildman–Crippen LogP) is 3.45. The molecule has 0 bridgehead atoms. The van der Waals surface area contributed by atoms with Crippen molar-refractivity contribution in [2.24, 2.45) is 5.41 Å². The largest absolute Gasteiger partial charge is 0.312 e. The molecule has 14 heavy (non-hydrogen) atoms. The highest BCUT2D eigenvalue weighted by Gasteiger charge is 2.39. The van der Waals surface area contributed by atoms with Crippen molar-refractivity contribution < 1.29 is 0 Å². The lowest BCUT2D eigenvalue weighted by atomic mass is 10.0. The number of nitrogens with one attached hydrogen (secondary N) is 1. The van der Waals surface area contributed by atoms with Crippen LogP contribution in [-0.4, -0.2) is 6.54 Å². The summed E-state index contributed by atoms with van der Waals surface area (Å²) in [4.78, 5) is 0. The first-order valence-corrected chi connectivity index (χ1v) is 6.01. The van der Waals surface area contributed by atoms with E-state index in [4.69, 9.17) is 0 Å². The smallest absolute Gasteiger partial charge is 0.0213 e. The van der Waals surface area contributed by atoms with Crippen LogP contribution in [0.3, 0.4) is 0 Å². The minimum Gasteiger partial charge on any atom is -0.312 e. The van der Waals surface area contributed by atoms with E-state index in [1.165, 1.54) is 31.4 Å². The lowest BCUT2D eigenvalue weighted by molar-refractivity contribution is 0.443. The zero-order chi connectivity index (χ0) is 9.15. The Balaban J connectivity index is 0.000000980. The fourth-order valence-corrected chi connectivity index (χ4v) is 2.37. The fourth-order valence-electron chi connectivity index (χ4n) is 1.70. The van der Waals surface area contributed by atoms with Gasteiger partial charge in [0.25, 0.3) is 0 Å². The molecule has 0 aliphatic heterocycles. The van der Waals surface area contributed by atoms with Crippen LogP contribution >= 0.6 is 23.7 Å². The lowest BCUT2D eigenvalue weighted by Crippen LogP contribution is -2.22. The van der Waals surface area contributed by atoms with Gasteiger partial charge >= 0.3 is 0 Å². The van der Waals surface area contributed by atoms with Gasteiger partial charge in [0.1, 0.15) is 0 Å². The van der Waals surface area contributed by atoms with Crippen LogP contribution in [0.4, 0.5) is 0 Å². The summed E-state index contributed by atoms with van der Waals surface area (Å²) in [7, 11) is 0. The van der Waals surface area contributed by atoms with Crippen LogP contribution in [0.1, 0.15) is 31.7 Å². The van der Waals surface area contributed by atoms with Crippen LogP contribution in [-0.2, 0) is 6.54 Å². The molecule has 1 aliphatic carbocycles. The molecule has 1 nitrogen and oxygen atoms in total. The molecule has 80 valence electrons. The SMILES string of the molecule is CCC1(CNCc2ccsc2)CC1.Cl. The summed E-state index contributed by atoms with van der Waals surface area (Å²) in [5.74, 6) is 0. The van der Waals surface area contributed by atoms with Crippen LogP contribution < -0.4 is 5.32 Å². The standard InChI is InChI=1S/C11H17NS.ClH/c1-2-11(4-5-11)9-12-7-10-3-6-13-8-10;/h3,6,8,12H,2,4-5,7,9H2,1H3;1H. The molecule has 0 unspecified atom stereocenters. The van der Waals surface area contributed by atoms with Gasteiger partial charge in [-0.3, -0.25) is 0 Å². The van der Waals surface area contributed by atoms with E-state index in [-0.39, 0.29) is 12.4 Å². The molecule has 0 radical (unpaired) electrons. The molecule has 1 aliphatic rings. The summed E-state index contributed by atoms with van der Waals surface area (Å²) in [6, 6.07) is 2.20. The Morgan fingerprint density at radius 3 is 2.79 bits per heavy atom. The molecule has 1 aromatic heterocycles. The zero-order valence-electron chi connectivity index (χ0n) is 8.58. The van der Waals surface area contributed by atoms with Crippen molar-refractivity contribution in [2.45, 2.75) is 32.7 Å². The van der Waals surface area contributed by atoms with E-state index < -0.39 is 0 Å². The van der Waals surface area contributed by atoms with E-state index in [2.05, 4.69) is 29.1 Å². The summed E-state index contributed by atoms with van der Waals surface area (Å²) in [5, 5.41) is 7.91. The van der Waals surface area contributed by atoms with Crippen LogP contribution in [0.15, 0.2) is 16.8 Å². The third-order valence-electron chi connectivity index (χ3n) is 3.12. The Morgan fingerprint density at radius 1 is 1.50 bits per heavy atom. The molecule has 1 saturated carbocycles. The van der Waals surface area contributed by atoms with Gasteiger partial charge in [-0.15, -0.1) is 12.4 Å². The average Bonchev–Trinajstić information content (AvgIpc) is 2.74. The first-order valence-electron chi connectivity index (χ1n) is 5.06. The first-order chi connectivity index (χ1) is 6.35. The molecular formula is C11H18ClNS. The molecule has 1 N–H and O–H groups in total. The second kappa shape index (κ2) is 5.15. The van der Waals surface area contributed by atoms with Crippen LogP contribution in [0.5, 0.6) is 0 Å². The predicted molar refractivity (Wildman–Crippen MR) is 65.2 cm³/mol. The molecular weight excluding hydrogens is 214 g/mol. The first kappa shape index (κ1) is 12.0. The topological polar surface area (TPSA) is 12.0 Å². The number of rotatable bonds is 5. The fraction of sp³-hybridized carbons (Fsp3) is 0.636. The van der Waals surface area contributed by atoms with Gasteiger partial charge in [-0.2, -0.15) is 11.3 Å². The Hall–Kier alpha value is -0.0500. The molecule has 1 aromatic rings. The van der Waals surface area contributed by atoms with Crippen LogP contribution in [0.2, 0.25) is 0 Å². The van der Waals surface area contributed by atoms with Crippen LogP contribution in [0.25, 0.3) is 0 Å². The molecule has 1 heterocycles. The maximum Gasteiger partial charge on any atom is 0.0213 e. The molecule has 0 spiro atoms. The maximum atomic E-state index is 3.55. The molecule has 0 saturated heterocycles. The average molecular weight is 232 g/mol. The molecule has 0 amide bonds. The van der Waals surface area contributed by atoms with Crippen molar-refractivity contribution in [1.82, 2.24) is 5.32 Å². The van der Waals surface area contributed by atoms with E-state index >= 15 is 0 Å². The second-order valence-electron chi connectivity index (χ2n) is 4.09. The van der Waals surface area contributed by atoms with Gasteiger partial charge in [-0.1, -0.05) is 6.92 Å². The van der Waals surface area contributed by atoms with Gasteiger partial charge < -0.3 is 5.32 Å². The van der Waals surface area contributed by atoms with Crippen LogP contribution in [0, 0.1) is 5.41 Å². The summed E-state index contributed by atoms with van der Waals surface area (Å²) in [5.41, 5.74) is 2.10. The number of hydrogen-bond donors (Lipinski definition) is 1. The van der Waals surface area contributed by atoms with Crippen molar-refractivity contribution in [2.75, 3.05) is 6.54 Å². The lowest BCUT2D eigenvalue weighted by Gasteiger charge is -2.12. The maximum absolute atomic E-state index is 3.55. The van der Waals surface area contributed by atoms with E-state index in [0.717, 1.165) is 6.54 Å². The quantitative estimate of drug-likeness (QED) is 0.819. The molecule has 0 aromatic carbocycles. The van der Waals surface area contributed by atoms with Crippen molar-refractivity contribution in [3.05, 3.63) is 22.4 Å². The minimum atomic E-state index is 0. The monoisotopic (exact) mass is 231 g/mol. The number of halogens is 1. The van der Waals surface area contributed by atoms with Crippen molar-refractivity contribution >= 4 is 23.7 Å². The normalized spacial score (nSPS) is 17.5. The van der Waals surface area contributed by atoms with Gasteiger partial charge in [-0.05, 0) is 47.1 Å². The highest BCUT2D eigenvalue weighted by Crippen LogP contribution is 2.47. The van der Waals surface area contributed by atoms with E-state index in [9.17, 15) is 0 Å². The third-order valence-corrected chi connectivity index (χ3v) is 3.85.